The molecule has 94 valence electrons. The highest BCUT2D eigenvalue weighted by molar-refractivity contribution is 5.95. The van der Waals surface area contributed by atoms with Crippen LogP contribution in [0.25, 0.3) is 0 Å². The largest absolute Gasteiger partial charge is 0.399 e. The minimum Gasteiger partial charge on any atom is -0.399 e. The molecule has 0 saturated heterocycles. The summed E-state index contributed by atoms with van der Waals surface area (Å²) >= 11 is 0. The van der Waals surface area contributed by atoms with E-state index in [2.05, 4.69) is 5.32 Å². The third-order valence-electron chi connectivity index (χ3n) is 5.19. The maximum Gasteiger partial charge on any atom is 0.228 e. The van der Waals surface area contributed by atoms with Crippen molar-refractivity contribution in [2.24, 2.45) is 29.6 Å². The number of benzene rings is 1. The number of nitrogens with one attached hydrogen (secondary N) is 1. The number of nitrogen functional groups attached to an aromatic ring is 1. The molecule has 3 aliphatic carbocycles. The van der Waals surface area contributed by atoms with E-state index in [0.717, 1.165) is 17.5 Å². The van der Waals surface area contributed by atoms with Crippen LogP contribution in [-0.4, -0.2) is 5.91 Å². The fourth-order valence-electron chi connectivity index (χ4n) is 4.52. The van der Waals surface area contributed by atoms with Gasteiger partial charge in [-0.3, -0.25) is 4.79 Å². The summed E-state index contributed by atoms with van der Waals surface area (Å²) < 4.78 is 0. The van der Waals surface area contributed by atoms with E-state index >= 15 is 0 Å². The zero-order chi connectivity index (χ0) is 12.3. The van der Waals surface area contributed by atoms with Crippen molar-refractivity contribution < 1.29 is 4.79 Å². The standard InChI is InChI=1S/C15H18N2O/c16-10-2-1-3-11(7-10)17-15(18)14-12-8-4-5-9(6-8)13(12)14/h1-3,7-9,12-14H,4-6,16H2,(H,17,18). The van der Waals surface area contributed by atoms with E-state index in [-0.39, 0.29) is 11.8 Å². The summed E-state index contributed by atoms with van der Waals surface area (Å²) in [5.41, 5.74) is 7.25. The molecular weight excluding hydrogens is 224 g/mol. The summed E-state index contributed by atoms with van der Waals surface area (Å²) in [7, 11) is 0. The highest BCUT2D eigenvalue weighted by Crippen LogP contribution is 2.69. The van der Waals surface area contributed by atoms with Crippen molar-refractivity contribution in [3.05, 3.63) is 24.3 Å². The topological polar surface area (TPSA) is 55.1 Å². The third-order valence-corrected chi connectivity index (χ3v) is 5.19. The van der Waals surface area contributed by atoms with E-state index in [9.17, 15) is 4.79 Å². The van der Waals surface area contributed by atoms with Gasteiger partial charge >= 0.3 is 0 Å². The van der Waals surface area contributed by atoms with Gasteiger partial charge in [-0.25, -0.2) is 0 Å². The van der Waals surface area contributed by atoms with Crippen LogP contribution in [0.2, 0.25) is 0 Å². The number of hydrogen-bond acceptors (Lipinski definition) is 2. The Labute approximate surface area is 107 Å². The average Bonchev–Trinajstić information content (AvgIpc) is 2.79. The number of rotatable bonds is 2. The molecule has 4 rings (SSSR count). The predicted octanol–water partition coefficient (Wildman–Crippen LogP) is 2.50. The summed E-state index contributed by atoms with van der Waals surface area (Å²) in [6.07, 6.45) is 4.10. The van der Waals surface area contributed by atoms with Crippen LogP contribution >= 0.6 is 0 Å². The predicted molar refractivity (Wildman–Crippen MR) is 70.8 cm³/mol. The summed E-state index contributed by atoms with van der Waals surface area (Å²) in [5, 5.41) is 3.02. The Kier molecular flexibility index (Phi) is 2.02. The van der Waals surface area contributed by atoms with Crippen molar-refractivity contribution in [3.63, 3.8) is 0 Å². The van der Waals surface area contributed by atoms with Gasteiger partial charge in [0, 0.05) is 17.3 Å². The van der Waals surface area contributed by atoms with Crippen LogP contribution in [0, 0.1) is 29.6 Å². The molecule has 4 atom stereocenters. The fraction of sp³-hybridized carbons (Fsp3) is 0.533. The van der Waals surface area contributed by atoms with Crippen molar-refractivity contribution in [2.75, 3.05) is 11.1 Å². The van der Waals surface area contributed by atoms with Gasteiger partial charge in [0.2, 0.25) is 5.91 Å². The summed E-state index contributed by atoms with van der Waals surface area (Å²) in [6, 6.07) is 7.44. The molecule has 1 aromatic carbocycles. The number of amides is 1. The summed E-state index contributed by atoms with van der Waals surface area (Å²) in [5.74, 6) is 3.59. The molecule has 3 aliphatic rings. The first kappa shape index (κ1) is 10.4. The Hall–Kier alpha value is -1.51. The first-order valence-electron chi connectivity index (χ1n) is 6.90. The Morgan fingerprint density at radius 3 is 2.61 bits per heavy atom. The van der Waals surface area contributed by atoms with E-state index in [1.165, 1.54) is 19.3 Å². The van der Waals surface area contributed by atoms with Crippen molar-refractivity contribution in [1.29, 1.82) is 0 Å². The molecule has 1 aromatic rings. The lowest BCUT2D eigenvalue weighted by Crippen LogP contribution is -2.18. The Balaban J connectivity index is 1.47. The minimum absolute atomic E-state index is 0.215. The average molecular weight is 242 g/mol. The van der Waals surface area contributed by atoms with Crippen molar-refractivity contribution in [1.82, 2.24) is 0 Å². The molecule has 1 amide bonds. The second-order valence-electron chi connectivity index (χ2n) is 6.13. The Morgan fingerprint density at radius 2 is 1.94 bits per heavy atom. The zero-order valence-corrected chi connectivity index (χ0v) is 10.3. The SMILES string of the molecule is Nc1cccc(NC(=O)C2C3C4CCC(C4)C23)c1. The lowest BCUT2D eigenvalue weighted by molar-refractivity contribution is -0.118. The molecule has 4 unspecified atom stereocenters. The lowest BCUT2D eigenvalue weighted by atomic mass is 10.0. The number of carbonyl (C=O) groups excluding carboxylic acids is 1. The van der Waals surface area contributed by atoms with Gasteiger partial charge in [0.25, 0.3) is 0 Å². The van der Waals surface area contributed by atoms with E-state index in [4.69, 9.17) is 5.73 Å². The van der Waals surface area contributed by atoms with E-state index in [1.807, 2.05) is 24.3 Å². The smallest absolute Gasteiger partial charge is 0.228 e. The zero-order valence-electron chi connectivity index (χ0n) is 10.3. The highest BCUT2D eigenvalue weighted by Gasteiger charge is 2.67. The van der Waals surface area contributed by atoms with E-state index in [1.54, 1.807) is 0 Å². The number of carbonyl (C=O) groups is 1. The summed E-state index contributed by atoms with van der Waals surface area (Å²) in [6.45, 7) is 0. The van der Waals surface area contributed by atoms with E-state index in [0.29, 0.717) is 17.5 Å². The number of fused-ring (bicyclic) bond motifs is 5. The molecule has 3 nitrogen and oxygen atoms in total. The summed E-state index contributed by atoms with van der Waals surface area (Å²) in [4.78, 5) is 12.3. The first-order chi connectivity index (χ1) is 8.74. The molecule has 18 heavy (non-hydrogen) atoms. The molecule has 2 bridgehead atoms. The molecule has 0 radical (unpaired) electrons. The van der Waals surface area contributed by atoms with Crippen LogP contribution in [0.15, 0.2) is 24.3 Å². The molecule has 3 fully saturated rings. The van der Waals surface area contributed by atoms with Crippen molar-refractivity contribution in [2.45, 2.75) is 19.3 Å². The quantitative estimate of drug-likeness (QED) is 0.783. The van der Waals surface area contributed by atoms with Gasteiger partial charge in [0.05, 0.1) is 0 Å². The van der Waals surface area contributed by atoms with Crippen LogP contribution < -0.4 is 11.1 Å². The first-order valence-corrected chi connectivity index (χ1v) is 6.90. The third kappa shape index (κ3) is 1.39. The second-order valence-corrected chi connectivity index (χ2v) is 6.13. The monoisotopic (exact) mass is 242 g/mol. The minimum atomic E-state index is 0.215. The molecular formula is C15H18N2O. The van der Waals surface area contributed by atoms with E-state index < -0.39 is 0 Å². The van der Waals surface area contributed by atoms with Gasteiger partial charge in [0.1, 0.15) is 0 Å². The van der Waals surface area contributed by atoms with Crippen LogP contribution in [0.3, 0.4) is 0 Å². The van der Waals surface area contributed by atoms with Crippen molar-refractivity contribution >= 4 is 17.3 Å². The second kappa shape index (κ2) is 3.50. The highest BCUT2D eigenvalue weighted by atomic mass is 16.2. The number of nitrogens with two attached hydrogens (primary N) is 1. The molecule has 0 aromatic heterocycles. The van der Waals surface area contributed by atoms with Gasteiger partial charge in [-0.2, -0.15) is 0 Å². The molecule has 0 spiro atoms. The Bertz CT molecular complexity index is 497. The maximum absolute atomic E-state index is 12.3. The lowest BCUT2D eigenvalue weighted by Gasteiger charge is -2.09. The molecule has 0 heterocycles. The van der Waals surface area contributed by atoms with Crippen LogP contribution in [0.5, 0.6) is 0 Å². The molecule has 3 saturated carbocycles. The normalized spacial score (nSPS) is 39.4. The Morgan fingerprint density at radius 1 is 1.22 bits per heavy atom. The van der Waals surface area contributed by atoms with Gasteiger partial charge < -0.3 is 11.1 Å². The maximum atomic E-state index is 12.3. The van der Waals surface area contributed by atoms with Crippen LogP contribution in [0.4, 0.5) is 11.4 Å². The number of anilines is 2. The molecule has 3 N–H and O–H groups in total. The molecule has 0 aliphatic heterocycles. The van der Waals surface area contributed by atoms with Crippen LogP contribution in [0.1, 0.15) is 19.3 Å². The number of hydrogen-bond donors (Lipinski definition) is 2. The fourth-order valence-corrected chi connectivity index (χ4v) is 4.52. The van der Waals surface area contributed by atoms with Gasteiger partial charge in [-0.05, 0) is 61.1 Å². The van der Waals surface area contributed by atoms with Gasteiger partial charge in [-0.1, -0.05) is 6.07 Å². The van der Waals surface area contributed by atoms with Crippen molar-refractivity contribution in [3.8, 4) is 0 Å². The van der Waals surface area contributed by atoms with Crippen LogP contribution in [-0.2, 0) is 4.79 Å². The molecule has 3 heteroatoms. The van der Waals surface area contributed by atoms with Gasteiger partial charge in [-0.15, -0.1) is 0 Å². The van der Waals surface area contributed by atoms with Gasteiger partial charge in [0.15, 0.2) is 0 Å².